The number of rotatable bonds is 4. The van der Waals surface area contributed by atoms with Gasteiger partial charge in [0.1, 0.15) is 22.3 Å². The van der Waals surface area contributed by atoms with Crippen LogP contribution in [0.5, 0.6) is 0 Å². The predicted molar refractivity (Wildman–Crippen MR) is 216 cm³/mol. The van der Waals surface area contributed by atoms with Crippen molar-refractivity contribution in [1.82, 2.24) is 0 Å². The van der Waals surface area contributed by atoms with Gasteiger partial charge in [-0.3, -0.25) is 0 Å². The first-order chi connectivity index (χ1) is 25.5. The number of furan rings is 2. The summed E-state index contributed by atoms with van der Waals surface area (Å²) in [5, 5.41) is 6.83. The Morgan fingerprint density at radius 2 is 1.06 bits per heavy atom. The van der Waals surface area contributed by atoms with Crippen molar-refractivity contribution in [1.29, 1.82) is 0 Å². The zero-order chi connectivity index (χ0) is 34.6. The van der Waals surface area contributed by atoms with E-state index in [4.69, 9.17) is 8.83 Å². The van der Waals surface area contributed by atoms with Crippen LogP contribution in [0.25, 0.3) is 76.9 Å². The van der Waals surface area contributed by atoms with Gasteiger partial charge in [-0.1, -0.05) is 111 Å². The van der Waals surface area contributed by atoms with E-state index in [1.807, 2.05) is 12.1 Å². The molecule has 0 fully saturated rings. The molecular formula is C49H33NO2. The highest BCUT2D eigenvalue weighted by atomic mass is 16.3. The third-order valence-electron chi connectivity index (χ3n) is 11.3. The second-order valence-electron chi connectivity index (χ2n) is 14.5. The van der Waals surface area contributed by atoms with E-state index in [0.717, 1.165) is 77.5 Å². The van der Waals surface area contributed by atoms with Gasteiger partial charge in [-0.05, 0) is 105 Å². The van der Waals surface area contributed by atoms with Crippen molar-refractivity contribution in [3.05, 3.63) is 175 Å². The zero-order valence-electron chi connectivity index (χ0n) is 28.9. The maximum atomic E-state index is 6.52. The van der Waals surface area contributed by atoms with Crippen molar-refractivity contribution in [3.8, 4) is 22.3 Å². The molecule has 2 aromatic heterocycles. The van der Waals surface area contributed by atoms with Crippen LogP contribution in [-0.4, -0.2) is 0 Å². The smallest absolute Gasteiger partial charge is 0.143 e. The summed E-state index contributed by atoms with van der Waals surface area (Å²) >= 11 is 0. The quantitative estimate of drug-likeness (QED) is 0.187. The van der Waals surface area contributed by atoms with Crippen molar-refractivity contribution in [2.24, 2.45) is 0 Å². The number of fused-ring (bicyclic) bond motifs is 11. The molecule has 1 aliphatic carbocycles. The number of hydrogen-bond acceptors (Lipinski definition) is 3. The number of para-hydroxylation sites is 1. The summed E-state index contributed by atoms with van der Waals surface area (Å²) in [5.41, 5.74) is 14.4. The Kier molecular flexibility index (Phi) is 6.01. The van der Waals surface area contributed by atoms with E-state index < -0.39 is 0 Å². The van der Waals surface area contributed by atoms with Crippen molar-refractivity contribution >= 4 is 71.7 Å². The second kappa shape index (κ2) is 10.7. The maximum absolute atomic E-state index is 6.52. The summed E-state index contributed by atoms with van der Waals surface area (Å²) in [7, 11) is 0. The van der Waals surface area contributed by atoms with Gasteiger partial charge in [0.05, 0.1) is 0 Å². The number of nitrogens with zero attached hydrogens (tertiary/aromatic N) is 1. The molecule has 0 spiro atoms. The third kappa shape index (κ3) is 4.20. The largest absolute Gasteiger partial charge is 0.456 e. The van der Waals surface area contributed by atoms with Gasteiger partial charge in [0.15, 0.2) is 0 Å². The first kappa shape index (κ1) is 29.2. The third-order valence-corrected chi connectivity index (χ3v) is 11.3. The van der Waals surface area contributed by atoms with Gasteiger partial charge in [-0.15, -0.1) is 0 Å². The topological polar surface area (TPSA) is 29.5 Å². The van der Waals surface area contributed by atoms with E-state index in [9.17, 15) is 0 Å². The summed E-state index contributed by atoms with van der Waals surface area (Å²) in [6, 6.07) is 58.9. The van der Waals surface area contributed by atoms with Crippen LogP contribution in [-0.2, 0) is 5.41 Å². The summed E-state index contributed by atoms with van der Waals surface area (Å²) in [6.45, 7) is 4.66. The minimum atomic E-state index is -0.0560. The molecule has 0 radical (unpaired) electrons. The molecule has 0 saturated carbocycles. The highest BCUT2D eigenvalue weighted by Crippen LogP contribution is 2.51. The second-order valence-corrected chi connectivity index (χ2v) is 14.5. The monoisotopic (exact) mass is 667 g/mol. The lowest BCUT2D eigenvalue weighted by molar-refractivity contribution is 0.660. The molecule has 0 unspecified atom stereocenters. The molecule has 0 bridgehead atoms. The van der Waals surface area contributed by atoms with E-state index in [1.165, 1.54) is 27.6 Å². The summed E-state index contributed by atoms with van der Waals surface area (Å²) in [5.74, 6) is 0. The van der Waals surface area contributed by atoms with Gasteiger partial charge >= 0.3 is 0 Å². The van der Waals surface area contributed by atoms with Gasteiger partial charge in [0, 0.05) is 49.4 Å². The lowest BCUT2D eigenvalue weighted by atomic mass is 9.82. The number of hydrogen-bond donors (Lipinski definition) is 0. The molecule has 10 aromatic rings. The number of anilines is 3. The highest BCUT2D eigenvalue weighted by molar-refractivity contribution is 6.15. The van der Waals surface area contributed by atoms with Gasteiger partial charge < -0.3 is 13.7 Å². The number of benzene rings is 8. The normalized spacial score (nSPS) is 13.3. The Bertz CT molecular complexity index is 3050. The standard InChI is InChI=1S/C49H33NO2/c1-49(2)43-13-7-5-11-37(43)41-28-34(21-25-44(41)49)50(35-22-26-46-42(29-35)38-12-6-8-14-45(38)51-46)33-19-15-30(16-20-33)32-18-23-39-40-24-17-31-9-3-4-10-36(31)48(40)52-47(39)27-32/h3-29H,1-2H3. The molecule has 246 valence electrons. The SMILES string of the molecule is CC1(C)c2ccccc2-c2cc(N(c3ccc(-c4ccc5c(c4)oc4c6ccccc6ccc54)cc3)c3ccc4oc5ccccc5c4c3)ccc21. The molecule has 52 heavy (non-hydrogen) atoms. The van der Waals surface area contributed by atoms with Crippen LogP contribution in [0.1, 0.15) is 25.0 Å². The summed E-state index contributed by atoms with van der Waals surface area (Å²) in [6.07, 6.45) is 0. The van der Waals surface area contributed by atoms with Gasteiger partial charge in [-0.2, -0.15) is 0 Å². The first-order valence-corrected chi connectivity index (χ1v) is 17.9. The molecule has 3 heteroatoms. The fourth-order valence-corrected chi connectivity index (χ4v) is 8.63. The predicted octanol–water partition coefficient (Wildman–Crippen LogP) is 14.1. The minimum absolute atomic E-state index is 0.0560. The van der Waals surface area contributed by atoms with E-state index in [0.29, 0.717) is 0 Å². The van der Waals surface area contributed by atoms with Crippen LogP contribution in [0.2, 0.25) is 0 Å². The van der Waals surface area contributed by atoms with E-state index >= 15 is 0 Å². The van der Waals surface area contributed by atoms with E-state index in [1.54, 1.807) is 0 Å². The molecule has 0 aliphatic heterocycles. The van der Waals surface area contributed by atoms with Crippen LogP contribution in [0.15, 0.2) is 173 Å². The molecule has 0 atom stereocenters. The van der Waals surface area contributed by atoms with Crippen molar-refractivity contribution in [2.75, 3.05) is 4.90 Å². The molecule has 3 nitrogen and oxygen atoms in total. The average molecular weight is 668 g/mol. The molecule has 0 N–H and O–H groups in total. The average Bonchev–Trinajstić information content (AvgIpc) is 3.83. The molecule has 0 saturated heterocycles. The van der Waals surface area contributed by atoms with Crippen LogP contribution < -0.4 is 4.90 Å². The van der Waals surface area contributed by atoms with Gasteiger partial charge in [0.25, 0.3) is 0 Å². The van der Waals surface area contributed by atoms with Crippen LogP contribution >= 0.6 is 0 Å². The summed E-state index contributed by atoms with van der Waals surface area (Å²) in [4.78, 5) is 2.37. The fraction of sp³-hybridized carbons (Fsp3) is 0.0612. The Labute approximate surface area is 301 Å². The molecule has 0 amide bonds. The van der Waals surface area contributed by atoms with Crippen molar-refractivity contribution in [2.45, 2.75) is 19.3 Å². The lowest BCUT2D eigenvalue weighted by Crippen LogP contribution is -2.15. The van der Waals surface area contributed by atoms with E-state index in [-0.39, 0.29) is 5.41 Å². The lowest BCUT2D eigenvalue weighted by Gasteiger charge is -2.27. The van der Waals surface area contributed by atoms with Crippen LogP contribution in [0, 0.1) is 0 Å². The van der Waals surface area contributed by atoms with Gasteiger partial charge in [0.2, 0.25) is 0 Å². The molecular weight excluding hydrogens is 635 g/mol. The molecule has 1 aliphatic rings. The Morgan fingerprint density at radius 3 is 1.96 bits per heavy atom. The van der Waals surface area contributed by atoms with Crippen LogP contribution in [0.3, 0.4) is 0 Å². The maximum Gasteiger partial charge on any atom is 0.143 e. The Morgan fingerprint density at radius 1 is 0.404 bits per heavy atom. The molecule has 2 heterocycles. The fourth-order valence-electron chi connectivity index (χ4n) is 8.63. The van der Waals surface area contributed by atoms with Crippen molar-refractivity contribution < 1.29 is 8.83 Å². The molecule has 11 rings (SSSR count). The summed E-state index contributed by atoms with van der Waals surface area (Å²) < 4.78 is 12.8. The zero-order valence-corrected chi connectivity index (χ0v) is 28.9. The molecule has 8 aromatic carbocycles. The Balaban J connectivity index is 1.05. The van der Waals surface area contributed by atoms with E-state index in [2.05, 4.69) is 170 Å². The van der Waals surface area contributed by atoms with Gasteiger partial charge in [-0.25, -0.2) is 0 Å². The Hall–Kier alpha value is -6.58. The minimum Gasteiger partial charge on any atom is -0.456 e. The first-order valence-electron chi connectivity index (χ1n) is 17.9. The highest BCUT2D eigenvalue weighted by Gasteiger charge is 2.35. The van der Waals surface area contributed by atoms with Crippen molar-refractivity contribution in [3.63, 3.8) is 0 Å². The van der Waals surface area contributed by atoms with Crippen LogP contribution in [0.4, 0.5) is 17.1 Å².